The van der Waals surface area contributed by atoms with Crippen LogP contribution >= 0.6 is 0 Å². The fourth-order valence-electron chi connectivity index (χ4n) is 2.57. The van der Waals surface area contributed by atoms with Crippen molar-refractivity contribution in [2.75, 3.05) is 6.54 Å². The second-order valence-corrected chi connectivity index (χ2v) is 6.05. The molecule has 0 saturated heterocycles. The molecule has 1 aliphatic carbocycles. The summed E-state index contributed by atoms with van der Waals surface area (Å²) in [5.41, 5.74) is 0.173. The van der Waals surface area contributed by atoms with E-state index >= 15 is 0 Å². The lowest BCUT2D eigenvalue weighted by molar-refractivity contribution is -0.140. The zero-order valence-electron chi connectivity index (χ0n) is 12.2. The minimum atomic E-state index is -0.975. The van der Waals surface area contributed by atoms with Gasteiger partial charge in [0.1, 0.15) is 6.04 Å². The van der Waals surface area contributed by atoms with E-state index < -0.39 is 12.0 Å². The van der Waals surface area contributed by atoms with Gasteiger partial charge in [-0.1, -0.05) is 40.0 Å². The summed E-state index contributed by atoms with van der Waals surface area (Å²) in [6.45, 7) is 6.53. The average Bonchev–Trinajstić information content (AvgIpc) is 2.80. The van der Waals surface area contributed by atoms with Crippen molar-refractivity contribution in [2.45, 2.75) is 58.9 Å². The zero-order valence-corrected chi connectivity index (χ0v) is 12.2. The molecule has 3 N–H and O–H groups in total. The Kier molecular flexibility index (Phi) is 5.63. The van der Waals surface area contributed by atoms with Gasteiger partial charge in [-0.25, -0.2) is 9.59 Å². The zero-order chi connectivity index (χ0) is 14.5. The molecule has 1 aliphatic rings. The molecule has 0 radical (unpaired) electrons. The number of amides is 2. The lowest BCUT2D eigenvalue weighted by Gasteiger charge is -2.25. The van der Waals surface area contributed by atoms with Crippen molar-refractivity contribution in [2.24, 2.45) is 11.3 Å². The molecule has 0 aromatic heterocycles. The maximum Gasteiger partial charge on any atom is 0.326 e. The Morgan fingerprint density at radius 3 is 2.37 bits per heavy atom. The summed E-state index contributed by atoms with van der Waals surface area (Å²) in [5.74, 6) is -1.05. The first-order valence-electron chi connectivity index (χ1n) is 7.15. The number of carboxylic acid groups (broad SMARTS) is 1. The van der Waals surface area contributed by atoms with Crippen molar-refractivity contribution in [1.29, 1.82) is 0 Å². The van der Waals surface area contributed by atoms with E-state index in [9.17, 15) is 9.59 Å². The molecule has 0 aliphatic heterocycles. The van der Waals surface area contributed by atoms with Gasteiger partial charge in [-0.15, -0.1) is 0 Å². The van der Waals surface area contributed by atoms with E-state index in [0.29, 0.717) is 6.54 Å². The van der Waals surface area contributed by atoms with Crippen molar-refractivity contribution in [3.05, 3.63) is 0 Å². The second-order valence-electron chi connectivity index (χ2n) is 6.05. The highest BCUT2D eigenvalue weighted by Gasteiger charge is 2.30. The third kappa shape index (κ3) is 4.73. The van der Waals surface area contributed by atoms with Gasteiger partial charge in [-0.05, 0) is 24.2 Å². The summed E-state index contributed by atoms with van der Waals surface area (Å²) in [4.78, 5) is 22.9. The lowest BCUT2D eigenvalue weighted by atomic mass is 9.89. The van der Waals surface area contributed by atoms with E-state index in [0.717, 1.165) is 19.3 Å². The molecule has 0 aromatic rings. The van der Waals surface area contributed by atoms with Crippen molar-refractivity contribution >= 4 is 12.0 Å². The number of urea groups is 1. The maximum atomic E-state index is 11.8. The van der Waals surface area contributed by atoms with Gasteiger partial charge in [0.15, 0.2) is 0 Å². The smallest absolute Gasteiger partial charge is 0.326 e. The average molecular weight is 270 g/mol. The number of carboxylic acids is 1. The van der Waals surface area contributed by atoms with Gasteiger partial charge in [0.05, 0.1) is 0 Å². The first-order valence-corrected chi connectivity index (χ1v) is 7.15. The van der Waals surface area contributed by atoms with Crippen LogP contribution in [0.5, 0.6) is 0 Å². The molecule has 2 amide bonds. The summed E-state index contributed by atoms with van der Waals surface area (Å²) < 4.78 is 0. The number of hydrogen-bond donors (Lipinski definition) is 3. The Labute approximate surface area is 115 Å². The van der Waals surface area contributed by atoms with Gasteiger partial charge in [-0.3, -0.25) is 0 Å². The SMILES string of the molecule is CCC(C)C(NC(=O)NCC1(C)CCCC1)C(=O)O. The number of hydrogen-bond acceptors (Lipinski definition) is 2. The van der Waals surface area contributed by atoms with Crippen LogP contribution in [-0.2, 0) is 4.79 Å². The number of aliphatic carboxylic acids is 1. The summed E-state index contributed by atoms with van der Waals surface area (Å²) in [6, 6.07) is -1.19. The van der Waals surface area contributed by atoms with Crippen molar-refractivity contribution < 1.29 is 14.7 Å². The number of nitrogens with one attached hydrogen (secondary N) is 2. The minimum absolute atomic E-state index is 0.0784. The predicted molar refractivity (Wildman–Crippen MR) is 74.0 cm³/mol. The normalized spacial score (nSPS) is 20.6. The number of carbonyl (C=O) groups is 2. The van der Waals surface area contributed by atoms with Crippen LogP contribution in [0.2, 0.25) is 0 Å². The third-order valence-corrected chi connectivity index (χ3v) is 4.25. The predicted octanol–water partition coefficient (Wildman–Crippen LogP) is 2.37. The maximum absolute atomic E-state index is 11.8. The summed E-state index contributed by atoms with van der Waals surface area (Å²) in [6.07, 6.45) is 5.39. The van der Waals surface area contributed by atoms with Crippen LogP contribution in [0.15, 0.2) is 0 Å². The molecular formula is C14H26N2O3. The van der Waals surface area contributed by atoms with Gasteiger partial charge in [-0.2, -0.15) is 0 Å². The van der Waals surface area contributed by atoms with Crippen molar-refractivity contribution in [3.63, 3.8) is 0 Å². The van der Waals surface area contributed by atoms with Crippen LogP contribution in [0.4, 0.5) is 4.79 Å². The van der Waals surface area contributed by atoms with Crippen molar-refractivity contribution in [1.82, 2.24) is 10.6 Å². The van der Waals surface area contributed by atoms with E-state index in [1.165, 1.54) is 12.8 Å². The summed E-state index contributed by atoms with van der Waals surface area (Å²) in [5, 5.41) is 14.5. The molecule has 0 heterocycles. The highest BCUT2D eigenvalue weighted by Crippen LogP contribution is 2.36. The van der Waals surface area contributed by atoms with Gasteiger partial charge < -0.3 is 15.7 Å². The first-order chi connectivity index (χ1) is 8.88. The van der Waals surface area contributed by atoms with Crippen LogP contribution in [0.1, 0.15) is 52.9 Å². The fraction of sp³-hybridized carbons (Fsp3) is 0.857. The standard InChI is InChI=1S/C14H26N2O3/c1-4-10(2)11(12(17)18)16-13(19)15-9-14(3)7-5-6-8-14/h10-11H,4-9H2,1-3H3,(H,17,18)(H2,15,16,19). The van der Waals surface area contributed by atoms with Crippen LogP contribution in [0.3, 0.4) is 0 Å². The molecule has 1 fully saturated rings. The Morgan fingerprint density at radius 2 is 1.89 bits per heavy atom. The van der Waals surface area contributed by atoms with E-state index in [-0.39, 0.29) is 17.4 Å². The molecule has 2 atom stereocenters. The van der Waals surface area contributed by atoms with Gasteiger partial charge >= 0.3 is 12.0 Å². The molecule has 1 saturated carbocycles. The van der Waals surface area contributed by atoms with E-state index in [1.807, 2.05) is 13.8 Å². The Hall–Kier alpha value is -1.26. The molecule has 0 bridgehead atoms. The van der Waals surface area contributed by atoms with Gasteiger partial charge in [0.2, 0.25) is 0 Å². The number of carbonyl (C=O) groups excluding carboxylic acids is 1. The van der Waals surface area contributed by atoms with Crippen molar-refractivity contribution in [3.8, 4) is 0 Å². The van der Waals surface area contributed by atoms with Crippen LogP contribution < -0.4 is 10.6 Å². The third-order valence-electron chi connectivity index (χ3n) is 4.25. The molecule has 2 unspecified atom stereocenters. The highest BCUT2D eigenvalue weighted by molar-refractivity contribution is 5.82. The summed E-state index contributed by atoms with van der Waals surface area (Å²) in [7, 11) is 0. The molecule has 19 heavy (non-hydrogen) atoms. The Bertz CT molecular complexity index is 325. The monoisotopic (exact) mass is 270 g/mol. The number of rotatable bonds is 6. The molecule has 0 aromatic carbocycles. The molecule has 0 spiro atoms. The Morgan fingerprint density at radius 1 is 1.32 bits per heavy atom. The van der Waals surface area contributed by atoms with Crippen LogP contribution in [-0.4, -0.2) is 29.7 Å². The molecular weight excluding hydrogens is 244 g/mol. The molecule has 5 nitrogen and oxygen atoms in total. The Balaban J connectivity index is 2.42. The molecule has 110 valence electrons. The van der Waals surface area contributed by atoms with E-state index in [4.69, 9.17) is 5.11 Å². The lowest BCUT2D eigenvalue weighted by Crippen LogP contribution is -2.50. The van der Waals surface area contributed by atoms with Crippen LogP contribution in [0.25, 0.3) is 0 Å². The summed E-state index contributed by atoms with van der Waals surface area (Å²) >= 11 is 0. The minimum Gasteiger partial charge on any atom is -0.480 e. The second kappa shape index (κ2) is 6.78. The molecule has 1 rings (SSSR count). The highest BCUT2D eigenvalue weighted by atomic mass is 16.4. The largest absolute Gasteiger partial charge is 0.480 e. The van der Waals surface area contributed by atoms with Gasteiger partial charge in [0, 0.05) is 6.54 Å². The topological polar surface area (TPSA) is 78.4 Å². The molecule has 5 heteroatoms. The first kappa shape index (κ1) is 15.8. The van der Waals surface area contributed by atoms with Gasteiger partial charge in [0.25, 0.3) is 0 Å². The fourth-order valence-corrected chi connectivity index (χ4v) is 2.57. The van der Waals surface area contributed by atoms with E-state index in [2.05, 4.69) is 17.6 Å². The van der Waals surface area contributed by atoms with E-state index in [1.54, 1.807) is 0 Å². The quantitative estimate of drug-likeness (QED) is 0.693. The van der Waals surface area contributed by atoms with Crippen LogP contribution in [0, 0.1) is 11.3 Å².